The monoisotopic (exact) mass is 369 g/mol. The summed E-state index contributed by atoms with van der Waals surface area (Å²) in [4.78, 5) is 12.0. The van der Waals surface area contributed by atoms with Crippen molar-refractivity contribution in [3.8, 4) is 0 Å². The van der Waals surface area contributed by atoms with Gasteiger partial charge in [-0.25, -0.2) is 4.39 Å². The molecule has 1 amide bonds. The average molecular weight is 370 g/mol. The minimum absolute atomic E-state index is 0. The van der Waals surface area contributed by atoms with Crippen molar-refractivity contribution in [3.63, 3.8) is 0 Å². The highest BCUT2D eigenvalue weighted by Crippen LogP contribution is 2.22. The summed E-state index contributed by atoms with van der Waals surface area (Å²) in [6, 6.07) is 12.5. The number of carbonyl (C=O) groups is 1. The molecule has 1 N–H and O–H groups in total. The van der Waals surface area contributed by atoms with Crippen LogP contribution < -0.4 is 5.32 Å². The first kappa shape index (κ1) is 20.5. The molecular formula is C19H22Cl2FNO. The van der Waals surface area contributed by atoms with E-state index in [0.717, 1.165) is 5.56 Å². The van der Waals surface area contributed by atoms with Crippen LogP contribution in [0.2, 0.25) is 5.02 Å². The fourth-order valence-electron chi connectivity index (χ4n) is 2.22. The summed E-state index contributed by atoms with van der Waals surface area (Å²) in [7, 11) is 0. The topological polar surface area (TPSA) is 29.1 Å². The fraction of sp³-hybridized carbons (Fsp3) is 0.316. The molecule has 0 aromatic heterocycles. The lowest BCUT2D eigenvalue weighted by atomic mass is 9.87. The summed E-state index contributed by atoms with van der Waals surface area (Å²) in [5.74, 6) is -0.595. The number of carbonyl (C=O) groups excluding carboxylic acids is 1. The Morgan fingerprint density at radius 3 is 2.21 bits per heavy atom. The van der Waals surface area contributed by atoms with Gasteiger partial charge in [-0.1, -0.05) is 62.7 Å². The Bertz CT molecular complexity index is 694. The van der Waals surface area contributed by atoms with E-state index in [1.54, 1.807) is 6.07 Å². The predicted octanol–water partition coefficient (Wildman–Crippen LogP) is 5.06. The van der Waals surface area contributed by atoms with Gasteiger partial charge in [0.05, 0.1) is 11.4 Å². The van der Waals surface area contributed by atoms with Gasteiger partial charge in [-0.15, -0.1) is 12.4 Å². The molecule has 0 fully saturated rings. The normalized spacial score (nSPS) is 10.9. The van der Waals surface area contributed by atoms with E-state index in [1.807, 2.05) is 12.1 Å². The minimum atomic E-state index is -0.477. The van der Waals surface area contributed by atoms with Crippen LogP contribution in [0.1, 0.15) is 37.5 Å². The number of halogens is 3. The molecule has 0 aliphatic heterocycles. The Morgan fingerprint density at radius 2 is 1.67 bits per heavy atom. The van der Waals surface area contributed by atoms with E-state index in [1.165, 1.54) is 17.7 Å². The first-order valence-electron chi connectivity index (χ1n) is 7.56. The third-order valence-corrected chi connectivity index (χ3v) is 3.95. The summed E-state index contributed by atoms with van der Waals surface area (Å²) in [5.41, 5.74) is 3.11. The smallest absolute Gasteiger partial charge is 0.224 e. The minimum Gasteiger partial charge on any atom is -0.352 e. The number of hydrogen-bond donors (Lipinski definition) is 1. The molecule has 2 nitrogen and oxygen atoms in total. The van der Waals surface area contributed by atoms with Crippen LogP contribution in [0.25, 0.3) is 0 Å². The van der Waals surface area contributed by atoms with E-state index in [4.69, 9.17) is 11.6 Å². The van der Waals surface area contributed by atoms with Crippen LogP contribution >= 0.6 is 24.0 Å². The Morgan fingerprint density at radius 1 is 1.08 bits per heavy atom. The van der Waals surface area contributed by atoms with Gasteiger partial charge < -0.3 is 5.32 Å². The standard InChI is InChI=1S/C19H21ClFNO.ClH/c1-19(2,3)15-7-4-13(5-8-15)12-22-18(23)11-14-6-9-17(21)16(20)10-14;/h4-10H,11-12H2,1-3H3,(H,22,23);1H. The van der Waals surface area contributed by atoms with Crippen molar-refractivity contribution in [2.75, 3.05) is 0 Å². The average Bonchev–Trinajstić information content (AvgIpc) is 2.48. The summed E-state index contributed by atoms with van der Waals surface area (Å²) in [5, 5.41) is 2.90. The highest BCUT2D eigenvalue weighted by atomic mass is 35.5. The first-order chi connectivity index (χ1) is 10.8. The third-order valence-electron chi connectivity index (χ3n) is 3.66. The fourth-order valence-corrected chi connectivity index (χ4v) is 2.42. The summed E-state index contributed by atoms with van der Waals surface area (Å²) in [6.45, 7) is 6.96. The molecule has 0 heterocycles. The Kier molecular flexibility index (Phi) is 7.25. The SMILES string of the molecule is CC(C)(C)c1ccc(CNC(=O)Cc2ccc(F)c(Cl)c2)cc1.Cl. The van der Waals surface area contributed by atoms with Crippen molar-refractivity contribution in [3.05, 3.63) is 70.0 Å². The zero-order chi connectivity index (χ0) is 17.0. The molecule has 130 valence electrons. The maximum atomic E-state index is 13.1. The number of benzene rings is 2. The lowest BCUT2D eigenvalue weighted by molar-refractivity contribution is -0.120. The first-order valence-corrected chi connectivity index (χ1v) is 7.93. The van der Waals surface area contributed by atoms with Crippen molar-refractivity contribution < 1.29 is 9.18 Å². The highest BCUT2D eigenvalue weighted by Gasteiger charge is 2.13. The summed E-state index contributed by atoms with van der Waals surface area (Å²) < 4.78 is 13.1. The Balaban J connectivity index is 0.00000288. The van der Waals surface area contributed by atoms with Gasteiger partial charge in [0.25, 0.3) is 0 Å². The molecule has 0 aliphatic carbocycles. The lowest BCUT2D eigenvalue weighted by Gasteiger charge is -2.19. The van der Waals surface area contributed by atoms with E-state index < -0.39 is 5.82 Å². The second-order valence-electron chi connectivity index (χ2n) is 6.65. The molecule has 2 aromatic rings. The number of hydrogen-bond acceptors (Lipinski definition) is 1. The molecular weight excluding hydrogens is 348 g/mol. The van der Waals surface area contributed by atoms with Crippen molar-refractivity contribution in [1.82, 2.24) is 5.32 Å². The molecule has 0 saturated heterocycles. The third kappa shape index (κ3) is 5.81. The molecule has 2 aromatic carbocycles. The number of nitrogens with one attached hydrogen (secondary N) is 1. The Labute approximate surface area is 153 Å². The van der Waals surface area contributed by atoms with Gasteiger partial charge in [-0.05, 0) is 34.2 Å². The molecule has 0 unspecified atom stereocenters. The lowest BCUT2D eigenvalue weighted by Crippen LogP contribution is -2.24. The molecule has 24 heavy (non-hydrogen) atoms. The summed E-state index contributed by atoms with van der Waals surface area (Å²) >= 11 is 5.72. The highest BCUT2D eigenvalue weighted by molar-refractivity contribution is 6.30. The molecule has 0 bridgehead atoms. The van der Waals surface area contributed by atoms with Gasteiger partial charge >= 0.3 is 0 Å². The molecule has 0 atom stereocenters. The van der Waals surface area contributed by atoms with Crippen LogP contribution in [0.4, 0.5) is 4.39 Å². The Hall–Kier alpha value is -1.58. The van der Waals surface area contributed by atoms with Crippen LogP contribution in [0.3, 0.4) is 0 Å². The van der Waals surface area contributed by atoms with E-state index in [9.17, 15) is 9.18 Å². The molecule has 5 heteroatoms. The zero-order valence-electron chi connectivity index (χ0n) is 14.0. The van der Waals surface area contributed by atoms with Gasteiger partial charge in [0.2, 0.25) is 5.91 Å². The van der Waals surface area contributed by atoms with Gasteiger partial charge in [0.15, 0.2) is 0 Å². The summed E-state index contributed by atoms with van der Waals surface area (Å²) in [6.07, 6.45) is 0.181. The van der Waals surface area contributed by atoms with Crippen molar-refractivity contribution in [1.29, 1.82) is 0 Å². The quantitative estimate of drug-likeness (QED) is 0.801. The second-order valence-corrected chi connectivity index (χ2v) is 7.06. The van der Waals surface area contributed by atoms with E-state index in [2.05, 4.69) is 38.2 Å². The van der Waals surface area contributed by atoms with E-state index >= 15 is 0 Å². The zero-order valence-corrected chi connectivity index (χ0v) is 15.6. The molecule has 0 aliphatic rings. The molecule has 0 radical (unpaired) electrons. The molecule has 0 saturated carbocycles. The van der Waals surface area contributed by atoms with Gasteiger partial charge in [-0.3, -0.25) is 4.79 Å². The maximum Gasteiger partial charge on any atom is 0.224 e. The van der Waals surface area contributed by atoms with Crippen molar-refractivity contribution >= 4 is 29.9 Å². The number of amides is 1. The van der Waals surface area contributed by atoms with Crippen LogP contribution in [0.15, 0.2) is 42.5 Å². The van der Waals surface area contributed by atoms with Crippen LogP contribution in [0.5, 0.6) is 0 Å². The van der Waals surface area contributed by atoms with Crippen molar-refractivity contribution in [2.45, 2.75) is 39.2 Å². The van der Waals surface area contributed by atoms with Gasteiger partial charge in [0.1, 0.15) is 5.82 Å². The van der Waals surface area contributed by atoms with Crippen LogP contribution in [0, 0.1) is 5.82 Å². The second kappa shape index (κ2) is 8.50. The van der Waals surface area contributed by atoms with E-state index in [-0.39, 0.29) is 35.2 Å². The molecule has 2 rings (SSSR count). The van der Waals surface area contributed by atoms with Crippen LogP contribution in [-0.4, -0.2) is 5.91 Å². The van der Waals surface area contributed by atoms with Crippen molar-refractivity contribution in [2.24, 2.45) is 0 Å². The maximum absolute atomic E-state index is 13.1. The molecule has 0 spiro atoms. The van der Waals surface area contributed by atoms with Gasteiger partial charge in [0, 0.05) is 6.54 Å². The van der Waals surface area contributed by atoms with E-state index in [0.29, 0.717) is 12.1 Å². The predicted molar refractivity (Wildman–Crippen MR) is 99.4 cm³/mol. The number of rotatable bonds is 4. The largest absolute Gasteiger partial charge is 0.352 e. The van der Waals surface area contributed by atoms with Crippen LogP contribution in [-0.2, 0) is 23.2 Å². The van der Waals surface area contributed by atoms with Gasteiger partial charge in [-0.2, -0.15) is 0 Å².